The molecule has 1 amide bonds. The highest BCUT2D eigenvalue weighted by atomic mass is 32.2. The van der Waals surface area contributed by atoms with Crippen molar-refractivity contribution in [1.82, 2.24) is 10.0 Å². The number of nitrogens with one attached hydrogen (secondary N) is 3. The molecule has 0 saturated heterocycles. The summed E-state index contributed by atoms with van der Waals surface area (Å²) >= 11 is 0. The lowest BCUT2D eigenvalue weighted by molar-refractivity contribution is 0.102. The number of sulfonamides is 1. The highest BCUT2D eigenvalue weighted by Gasteiger charge is 2.27. The van der Waals surface area contributed by atoms with Crippen molar-refractivity contribution in [3.63, 3.8) is 0 Å². The molecular weight excluding hydrogens is 350 g/mol. The number of hydrogen-bond acceptors (Lipinski definition) is 4. The molecule has 0 atom stereocenters. The summed E-state index contributed by atoms with van der Waals surface area (Å²) in [5.41, 5.74) is 2.20. The van der Waals surface area contributed by atoms with E-state index in [1.54, 1.807) is 0 Å². The molecule has 26 heavy (non-hydrogen) atoms. The van der Waals surface area contributed by atoms with Crippen molar-refractivity contribution in [1.29, 1.82) is 0 Å². The molecule has 0 spiro atoms. The Hall–Kier alpha value is -2.22. The Morgan fingerprint density at radius 1 is 1.12 bits per heavy atom. The Kier molecular flexibility index (Phi) is 5.70. The second-order valence-corrected chi connectivity index (χ2v) is 8.07. The summed E-state index contributed by atoms with van der Waals surface area (Å²) in [7, 11) is -3.50. The van der Waals surface area contributed by atoms with Gasteiger partial charge in [0.1, 0.15) is 0 Å². The first-order valence-corrected chi connectivity index (χ1v) is 10.2. The van der Waals surface area contributed by atoms with Crippen LogP contribution in [0.1, 0.15) is 35.7 Å². The first-order chi connectivity index (χ1) is 12.5. The lowest BCUT2D eigenvalue weighted by Crippen LogP contribution is -2.25. The van der Waals surface area contributed by atoms with Crippen molar-refractivity contribution >= 4 is 21.6 Å². The molecule has 0 aliphatic heterocycles. The fourth-order valence-corrected chi connectivity index (χ4v) is 3.81. The van der Waals surface area contributed by atoms with Gasteiger partial charge in [0.2, 0.25) is 10.0 Å². The van der Waals surface area contributed by atoms with Gasteiger partial charge in [-0.25, -0.2) is 13.1 Å². The number of rotatable bonds is 8. The zero-order valence-electron chi connectivity index (χ0n) is 14.7. The lowest BCUT2D eigenvalue weighted by Gasteiger charge is -2.09. The topological polar surface area (TPSA) is 87.3 Å². The van der Waals surface area contributed by atoms with Gasteiger partial charge in [-0.3, -0.25) is 4.79 Å². The lowest BCUT2D eigenvalue weighted by atomic mass is 10.1. The number of carbonyl (C=O) groups excluding carboxylic acids is 1. The maximum atomic E-state index is 12.4. The molecule has 1 fully saturated rings. The predicted octanol–water partition coefficient (Wildman–Crippen LogP) is 2.49. The molecule has 0 aromatic heterocycles. The Bertz CT molecular complexity index is 875. The summed E-state index contributed by atoms with van der Waals surface area (Å²) in [5, 5.41) is 6.08. The SMILES string of the molecule is CCNCc1cccc(NC(=O)c2ccc(S(=O)(=O)NC3CC3)cc2)c1. The number of benzene rings is 2. The molecule has 3 rings (SSSR count). The number of amides is 1. The van der Waals surface area contributed by atoms with Gasteiger partial charge < -0.3 is 10.6 Å². The molecule has 0 bridgehead atoms. The van der Waals surface area contributed by atoms with Crippen LogP contribution in [0.4, 0.5) is 5.69 Å². The summed E-state index contributed by atoms with van der Waals surface area (Å²) in [6.45, 7) is 3.65. The van der Waals surface area contributed by atoms with Gasteiger partial charge in [-0.15, -0.1) is 0 Å². The zero-order chi connectivity index (χ0) is 18.6. The second-order valence-electron chi connectivity index (χ2n) is 6.35. The molecule has 6 nitrogen and oxygen atoms in total. The molecule has 7 heteroatoms. The van der Waals surface area contributed by atoms with E-state index in [0.717, 1.165) is 31.5 Å². The van der Waals surface area contributed by atoms with Crippen LogP contribution in [-0.4, -0.2) is 26.9 Å². The second kappa shape index (κ2) is 7.99. The van der Waals surface area contributed by atoms with Crippen LogP contribution in [0, 0.1) is 0 Å². The van der Waals surface area contributed by atoms with Crippen molar-refractivity contribution < 1.29 is 13.2 Å². The minimum absolute atomic E-state index is 0.0532. The molecule has 138 valence electrons. The summed E-state index contributed by atoms with van der Waals surface area (Å²) in [6, 6.07) is 13.6. The zero-order valence-corrected chi connectivity index (χ0v) is 15.5. The Balaban J connectivity index is 1.66. The van der Waals surface area contributed by atoms with E-state index in [1.165, 1.54) is 24.3 Å². The van der Waals surface area contributed by atoms with E-state index in [-0.39, 0.29) is 16.8 Å². The first-order valence-electron chi connectivity index (χ1n) is 8.71. The molecule has 2 aromatic carbocycles. The Morgan fingerprint density at radius 3 is 2.50 bits per heavy atom. The minimum Gasteiger partial charge on any atom is -0.322 e. The molecule has 0 unspecified atom stereocenters. The average Bonchev–Trinajstić information content (AvgIpc) is 3.43. The monoisotopic (exact) mass is 373 g/mol. The smallest absolute Gasteiger partial charge is 0.255 e. The van der Waals surface area contributed by atoms with E-state index in [4.69, 9.17) is 0 Å². The van der Waals surface area contributed by atoms with E-state index in [0.29, 0.717) is 11.3 Å². The fourth-order valence-electron chi connectivity index (χ4n) is 2.51. The third-order valence-corrected chi connectivity index (χ3v) is 5.63. The van der Waals surface area contributed by atoms with E-state index in [2.05, 4.69) is 15.4 Å². The predicted molar refractivity (Wildman–Crippen MR) is 102 cm³/mol. The van der Waals surface area contributed by atoms with E-state index in [9.17, 15) is 13.2 Å². The van der Waals surface area contributed by atoms with Gasteiger partial charge in [0.25, 0.3) is 5.91 Å². The Labute approximate surface area is 154 Å². The van der Waals surface area contributed by atoms with Crippen LogP contribution in [0.5, 0.6) is 0 Å². The van der Waals surface area contributed by atoms with Crippen molar-refractivity contribution in [2.24, 2.45) is 0 Å². The van der Waals surface area contributed by atoms with Gasteiger partial charge in [0, 0.05) is 23.8 Å². The standard InChI is InChI=1S/C19H23N3O3S/c1-2-20-13-14-4-3-5-17(12-14)21-19(23)15-6-10-18(11-7-15)26(24,25)22-16-8-9-16/h3-7,10-12,16,20,22H,2,8-9,13H2,1H3,(H,21,23). The molecule has 1 aliphatic carbocycles. The van der Waals surface area contributed by atoms with Gasteiger partial charge in [-0.2, -0.15) is 0 Å². The molecule has 3 N–H and O–H groups in total. The van der Waals surface area contributed by atoms with Crippen molar-refractivity contribution in [2.45, 2.75) is 37.2 Å². The van der Waals surface area contributed by atoms with E-state index < -0.39 is 10.0 Å². The molecule has 1 aliphatic rings. The van der Waals surface area contributed by atoms with E-state index >= 15 is 0 Å². The molecule has 0 radical (unpaired) electrons. The third-order valence-electron chi connectivity index (χ3n) is 4.09. The van der Waals surface area contributed by atoms with Gasteiger partial charge in [0.15, 0.2) is 0 Å². The average molecular weight is 373 g/mol. The molecule has 1 saturated carbocycles. The highest BCUT2D eigenvalue weighted by molar-refractivity contribution is 7.89. The van der Waals surface area contributed by atoms with E-state index in [1.807, 2.05) is 31.2 Å². The van der Waals surface area contributed by atoms with Crippen molar-refractivity contribution in [3.8, 4) is 0 Å². The summed E-state index contributed by atoms with van der Waals surface area (Å²) in [4.78, 5) is 12.6. The largest absolute Gasteiger partial charge is 0.322 e. The molecular formula is C19H23N3O3S. The Morgan fingerprint density at radius 2 is 1.85 bits per heavy atom. The summed E-state index contributed by atoms with van der Waals surface area (Å²) in [6.07, 6.45) is 1.76. The number of anilines is 1. The van der Waals surface area contributed by atoms with Gasteiger partial charge in [0.05, 0.1) is 4.90 Å². The highest BCUT2D eigenvalue weighted by Crippen LogP contribution is 2.22. The first kappa shape index (κ1) is 18.6. The van der Waals surface area contributed by atoms with Crippen molar-refractivity contribution in [3.05, 3.63) is 59.7 Å². The maximum absolute atomic E-state index is 12.4. The van der Waals surface area contributed by atoms with Crippen LogP contribution in [-0.2, 0) is 16.6 Å². The third kappa shape index (κ3) is 4.91. The minimum atomic E-state index is -3.50. The van der Waals surface area contributed by atoms with Gasteiger partial charge in [-0.05, 0) is 61.3 Å². The van der Waals surface area contributed by atoms with Crippen LogP contribution in [0.3, 0.4) is 0 Å². The van der Waals surface area contributed by atoms with Crippen LogP contribution in [0.2, 0.25) is 0 Å². The maximum Gasteiger partial charge on any atom is 0.255 e. The van der Waals surface area contributed by atoms with Crippen LogP contribution < -0.4 is 15.4 Å². The molecule has 2 aromatic rings. The van der Waals surface area contributed by atoms with Gasteiger partial charge in [-0.1, -0.05) is 19.1 Å². The van der Waals surface area contributed by atoms with Crippen LogP contribution in [0.15, 0.2) is 53.4 Å². The van der Waals surface area contributed by atoms with Crippen molar-refractivity contribution in [2.75, 3.05) is 11.9 Å². The quantitative estimate of drug-likeness (QED) is 0.663. The normalized spacial score (nSPS) is 14.2. The number of carbonyl (C=O) groups is 1. The number of hydrogen-bond donors (Lipinski definition) is 3. The van der Waals surface area contributed by atoms with Crippen LogP contribution >= 0.6 is 0 Å². The molecule has 0 heterocycles. The summed E-state index contributed by atoms with van der Waals surface area (Å²) in [5.74, 6) is -0.273. The van der Waals surface area contributed by atoms with Gasteiger partial charge >= 0.3 is 0 Å². The summed E-state index contributed by atoms with van der Waals surface area (Å²) < 4.78 is 26.9. The van der Waals surface area contributed by atoms with Crippen LogP contribution in [0.25, 0.3) is 0 Å². The fraction of sp³-hybridized carbons (Fsp3) is 0.316.